The fraction of sp³-hybridized carbons (Fsp3) is 0. The van der Waals surface area contributed by atoms with Gasteiger partial charge in [0.05, 0.1) is 0 Å². The zero-order chi connectivity index (χ0) is 17.2. The standard InChI is InChI=1S/C21H15NO3/c23-21(24)19-12-16(17-9-10-22-13-17)6-8-20(19)25-18-7-5-14-3-1-2-4-15(14)11-18/h1-13,22H,(H,23,24). The van der Waals surface area contributed by atoms with Crippen LogP contribution in [-0.2, 0) is 0 Å². The van der Waals surface area contributed by atoms with E-state index >= 15 is 0 Å². The number of fused-ring (bicyclic) bond motifs is 1. The number of hydrogen-bond acceptors (Lipinski definition) is 2. The lowest BCUT2D eigenvalue weighted by molar-refractivity contribution is 0.0694. The predicted molar refractivity (Wildman–Crippen MR) is 97.2 cm³/mol. The molecule has 4 aromatic rings. The number of aromatic amines is 1. The van der Waals surface area contributed by atoms with Crippen LogP contribution in [0, 0.1) is 0 Å². The van der Waals surface area contributed by atoms with E-state index in [1.54, 1.807) is 18.3 Å². The van der Waals surface area contributed by atoms with E-state index in [0.29, 0.717) is 11.5 Å². The van der Waals surface area contributed by atoms with Crippen molar-refractivity contribution in [1.82, 2.24) is 4.98 Å². The van der Waals surface area contributed by atoms with E-state index in [1.165, 1.54) is 0 Å². The minimum atomic E-state index is -1.02. The fourth-order valence-electron chi connectivity index (χ4n) is 2.83. The van der Waals surface area contributed by atoms with Gasteiger partial charge in [-0.2, -0.15) is 0 Å². The van der Waals surface area contributed by atoms with Crippen LogP contribution in [0.5, 0.6) is 11.5 Å². The summed E-state index contributed by atoms with van der Waals surface area (Å²) in [4.78, 5) is 14.6. The van der Waals surface area contributed by atoms with Gasteiger partial charge < -0.3 is 14.8 Å². The maximum atomic E-state index is 11.7. The topological polar surface area (TPSA) is 62.3 Å². The minimum absolute atomic E-state index is 0.131. The lowest BCUT2D eigenvalue weighted by Crippen LogP contribution is -2.00. The van der Waals surface area contributed by atoms with E-state index in [0.717, 1.165) is 21.9 Å². The first-order valence-corrected chi connectivity index (χ1v) is 7.88. The zero-order valence-corrected chi connectivity index (χ0v) is 13.3. The molecule has 4 nitrogen and oxygen atoms in total. The molecule has 1 heterocycles. The van der Waals surface area contributed by atoms with Gasteiger partial charge in [-0.1, -0.05) is 36.4 Å². The highest BCUT2D eigenvalue weighted by molar-refractivity contribution is 5.93. The van der Waals surface area contributed by atoms with E-state index < -0.39 is 5.97 Å². The number of aromatic carboxylic acids is 1. The molecule has 0 saturated heterocycles. The van der Waals surface area contributed by atoms with Crippen molar-refractivity contribution in [3.05, 3.63) is 84.7 Å². The number of carboxylic acids is 1. The molecule has 0 fully saturated rings. The number of hydrogen-bond donors (Lipinski definition) is 2. The van der Waals surface area contributed by atoms with Crippen molar-refractivity contribution >= 4 is 16.7 Å². The molecular formula is C21H15NO3. The molecule has 2 N–H and O–H groups in total. The summed E-state index contributed by atoms with van der Waals surface area (Å²) in [6, 6.07) is 20.7. The Balaban J connectivity index is 1.72. The number of carbonyl (C=O) groups is 1. The maximum Gasteiger partial charge on any atom is 0.339 e. The second-order valence-corrected chi connectivity index (χ2v) is 5.73. The minimum Gasteiger partial charge on any atom is -0.478 e. The normalized spacial score (nSPS) is 10.7. The number of ether oxygens (including phenoxy) is 1. The van der Waals surface area contributed by atoms with Crippen LogP contribution in [0.2, 0.25) is 0 Å². The molecule has 0 aliphatic rings. The molecule has 25 heavy (non-hydrogen) atoms. The van der Waals surface area contributed by atoms with Gasteiger partial charge in [0.15, 0.2) is 0 Å². The third kappa shape index (κ3) is 2.97. The highest BCUT2D eigenvalue weighted by atomic mass is 16.5. The third-order valence-corrected chi connectivity index (χ3v) is 4.09. The van der Waals surface area contributed by atoms with Crippen molar-refractivity contribution in [2.45, 2.75) is 0 Å². The van der Waals surface area contributed by atoms with Crippen molar-refractivity contribution in [3.63, 3.8) is 0 Å². The monoisotopic (exact) mass is 329 g/mol. The van der Waals surface area contributed by atoms with Gasteiger partial charge in [0.1, 0.15) is 17.1 Å². The molecule has 0 atom stereocenters. The van der Waals surface area contributed by atoms with Crippen LogP contribution in [-0.4, -0.2) is 16.1 Å². The summed E-state index contributed by atoms with van der Waals surface area (Å²) >= 11 is 0. The van der Waals surface area contributed by atoms with Crippen molar-refractivity contribution in [2.75, 3.05) is 0 Å². The Hall–Kier alpha value is -3.53. The summed E-state index contributed by atoms with van der Waals surface area (Å²) < 4.78 is 5.86. The Morgan fingerprint density at radius 1 is 0.880 bits per heavy atom. The average Bonchev–Trinajstić information content (AvgIpc) is 3.16. The second kappa shape index (κ2) is 6.17. The van der Waals surface area contributed by atoms with Crippen LogP contribution in [0.1, 0.15) is 10.4 Å². The Morgan fingerprint density at radius 2 is 1.72 bits per heavy atom. The molecule has 0 bridgehead atoms. The van der Waals surface area contributed by atoms with Crippen LogP contribution in [0.25, 0.3) is 21.9 Å². The lowest BCUT2D eigenvalue weighted by Gasteiger charge is -2.11. The summed E-state index contributed by atoms with van der Waals surface area (Å²) in [7, 11) is 0. The second-order valence-electron chi connectivity index (χ2n) is 5.73. The molecule has 1 aromatic heterocycles. The number of H-pyrrole nitrogens is 1. The Kier molecular flexibility index (Phi) is 3.71. The van der Waals surface area contributed by atoms with E-state index in [9.17, 15) is 9.90 Å². The zero-order valence-electron chi connectivity index (χ0n) is 13.3. The van der Waals surface area contributed by atoms with Crippen molar-refractivity contribution in [1.29, 1.82) is 0 Å². The third-order valence-electron chi connectivity index (χ3n) is 4.09. The molecule has 0 aliphatic carbocycles. The van der Waals surface area contributed by atoms with Gasteiger partial charge in [-0.05, 0) is 52.2 Å². The van der Waals surface area contributed by atoms with E-state index in [2.05, 4.69) is 4.98 Å². The van der Waals surface area contributed by atoms with Gasteiger partial charge in [-0.25, -0.2) is 4.79 Å². The Bertz CT molecular complexity index is 1050. The van der Waals surface area contributed by atoms with Crippen LogP contribution < -0.4 is 4.74 Å². The smallest absolute Gasteiger partial charge is 0.339 e. The number of aromatic nitrogens is 1. The molecule has 0 unspecified atom stereocenters. The van der Waals surface area contributed by atoms with Crippen LogP contribution >= 0.6 is 0 Å². The largest absolute Gasteiger partial charge is 0.478 e. The SMILES string of the molecule is O=C(O)c1cc(-c2cc[nH]c2)ccc1Oc1ccc2ccccc2c1. The quantitative estimate of drug-likeness (QED) is 0.532. The molecule has 0 amide bonds. The van der Waals surface area contributed by atoms with E-state index in [1.807, 2.05) is 60.8 Å². The molecule has 122 valence electrons. The van der Waals surface area contributed by atoms with E-state index in [-0.39, 0.29) is 5.56 Å². The highest BCUT2D eigenvalue weighted by Gasteiger charge is 2.14. The van der Waals surface area contributed by atoms with Gasteiger partial charge in [-0.3, -0.25) is 0 Å². The van der Waals surface area contributed by atoms with Crippen molar-refractivity contribution in [3.8, 4) is 22.6 Å². The molecule has 0 radical (unpaired) electrons. The first-order chi connectivity index (χ1) is 12.2. The highest BCUT2D eigenvalue weighted by Crippen LogP contribution is 2.31. The predicted octanol–water partition coefficient (Wildman–Crippen LogP) is 5.33. The fourth-order valence-corrected chi connectivity index (χ4v) is 2.83. The molecule has 3 aromatic carbocycles. The molecule has 4 rings (SSSR count). The van der Waals surface area contributed by atoms with Crippen LogP contribution in [0.15, 0.2) is 79.1 Å². The molecule has 4 heteroatoms. The Morgan fingerprint density at radius 3 is 2.48 bits per heavy atom. The molecule has 0 spiro atoms. The lowest BCUT2D eigenvalue weighted by atomic mass is 10.0. The van der Waals surface area contributed by atoms with Gasteiger partial charge in [0.25, 0.3) is 0 Å². The van der Waals surface area contributed by atoms with Crippen molar-refractivity contribution < 1.29 is 14.6 Å². The van der Waals surface area contributed by atoms with Crippen LogP contribution in [0.4, 0.5) is 0 Å². The first kappa shape index (κ1) is 15.0. The number of rotatable bonds is 4. The summed E-state index contributed by atoms with van der Waals surface area (Å²) in [5.74, 6) is -0.0918. The number of nitrogens with one attached hydrogen (secondary N) is 1. The van der Waals surface area contributed by atoms with Gasteiger partial charge >= 0.3 is 5.97 Å². The maximum absolute atomic E-state index is 11.7. The summed E-state index contributed by atoms with van der Waals surface area (Å²) in [5.41, 5.74) is 1.89. The van der Waals surface area contributed by atoms with Gasteiger partial charge in [0, 0.05) is 12.4 Å². The number of carboxylic acid groups (broad SMARTS) is 1. The van der Waals surface area contributed by atoms with Crippen LogP contribution in [0.3, 0.4) is 0 Å². The number of benzene rings is 3. The average molecular weight is 329 g/mol. The summed E-state index contributed by atoms with van der Waals surface area (Å²) in [6.45, 7) is 0. The first-order valence-electron chi connectivity index (χ1n) is 7.88. The van der Waals surface area contributed by atoms with Gasteiger partial charge in [0.2, 0.25) is 0 Å². The summed E-state index contributed by atoms with van der Waals surface area (Å²) in [5, 5.41) is 11.7. The van der Waals surface area contributed by atoms with Crippen molar-refractivity contribution in [2.24, 2.45) is 0 Å². The molecular weight excluding hydrogens is 314 g/mol. The summed E-state index contributed by atoms with van der Waals surface area (Å²) in [6.07, 6.45) is 3.63. The van der Waals surface area contributed by atoms with E-state index in [4.69, 9.17) is 4.74 Å². The van der Waals surface area contributed by atoms with Gasteiger partial charge in [-0.15, -0.1) is 0 Å². The Labute approximate surface area is 144 Å². The molecule has 0 aliphatic heterocycles. The molecule has 0 saturated carbocycles.